The van der Waals surface area contributed by atoms with Crippen molar-refractivity contribution in [1.82, 2.24) is 10.2 Å². The van der Waals surface area contributed by atoms with Crippen LogP contribution in [0, 0.1) is 0 Å². The minimum absolute atomic E-state index is 0.0169. The average Bonchev–Trinajstić information content (AvgIpc) is 3.15. The predicted octanol–water partition coefficient (Wildman–Crippen LogP) is 5.07. The van der Waals surface area contributed by atoms with Gasteiger partial charge in [-0.1, -0.05) is 97.1 Å². The zero-order chi connectivity index (χ0) is 23.5. The Morgan fingerprint density at radius 1 is 0.765 bits per heavy atom. The standard InChI is InChI=1S/C29H24N2O3/c32-24-17-16-23-26(25(24)22-14-8-3-9-15-22)29(34)31(19-21-12-6-2-7-13-21)27(23)28(33)30-18-20-10-4-1-5-11-20/h1-17,27,32H,18-19H2,(H,30,33). The Bertz CT molecular complexity index is 1320. The van der Waals surface area contributed by atoms with Crippen molar-refractivity contribution in [2.24, 2.45) is 0 Å². The van der Waals surface area contributed by atoms with Crippen molar-refractivity contribution in [3.63, 3.8) is 0 Å². The third-order valence-corrected chi connectivity index (χ3v) is 6.11. The van der Waals surface area contributed by atoms with Crippen LogP contribution in [0.3, 0.4) is 0 Å². The number of phenols is 1. The van der Waals surface area contributed by atoms with E-state index in [4.69, 9.17) is 0 Å². The van der Waals surface area contributed by atoms with Gasteiger partial charge in [-0.15, -0.1) is 0 Å². The number of carbonyl (C=O) groups is 2. The quantitative estimate of drug-likeness (QED) is 0.433. The molecule has 1 atom stereocenters. The zero-order valence-electron chi connectivity index (χ0n) is 18.5. The van der Waals surface area contributed by atoms with Crippen LogP contribution in [0.2, 0.25) is 0 Å². The molecule has 5 heteroatoms. The van der Waals surface area contributed by atoms with Crippen LogP contribution in [0.5, 0.6) is 5.75 Å². The number of benzene rings is 4. The molecule has 34 heavy (non-hydrogen) atoms. The van der Waals surface area contributed by atoms with Crippen LogP contribution >= 0.6 is 0 Å². The number of aromatic hydroxyl groups is 1. The molecule has 0 spiro atoms. The number of phenolic OH excluding ortho intramolecular Hbond substituents is 1. The molecule has 1 unspecified atom stereocenters. The summed E-state index contributed by atoms with van der Waals surface area (Å²) in [7, 11) is 0. The molecule has 0 aromatic heterocycles. The van der Waals surface area contributed by atoms with E-state index in [2.05, 4.69) is 5.32 Å². The molecule has 0 saturated heterocycles. The van der Waals surface area contributed by atoms with Crippen LogP contribution in [0.15, 0.2) is 103 Å². The van der Waals surface area contributed by atoms with Crippen LogP contribution < -0.4 is 5.32 Å². The molecular weight excluding hydrogens is 424 g/mol. The Labute approximate surface area is 198 Å². The van der Waals surface area contributed by atoms with Crippen molar-refractivity contribution in [3.05, 3.63) is 125 Å². The van der Waals surface area contributed by atoms with E-state index in [1.54, 1.807) is 17.0 Å². The first-order valence-corrected chi connectivity index (χ1v) is 11.2. The number of nitrogens with zero attached hydrogens (tertiary/aromatic N) is 1. The fraction of sp³-hybridized carbons (Fsp3) is 0.103. The van der Waals surface area contributed by atoms with E-state index in [9.17, 15) is 14.7 Å². The van der Waals surface area contributed by atoms with Crippen LogP contribution in [-0.2, 0) is 17.9 Å². The first kappa shape index (κ1) is 21.5. The van der Waals surface area contributed by atoms with Gasteiger partial charge in [0.05, 0.1) is 5.56 Å². The molecule has 2 amide bonds. The van der Waals surface area contributed by atoms with Crippen molar-refractivity contribution < 1.29 is 14.7 Å². The highest BCUT2D eigenvalue weighted by molar-refractivity contribution is 6.10. The van der Waals surface area contributed by atoms with Gasteiger partial charge in [-0.05, 0) is 28.3 Å². The lowest BCUT2D eigenvalue weighted by atomic mass is 9.93. The second kappa shape index (κ2) is 9.24. The largest absolute Gasteiger partial charge is 0.507 e. The van der Waals surface area contributed by atoms with Gasteiger partial charge in [0.15, 0.2) is 0 Å². The van der Waals surface area contributed by atoms with E-state index in [0.29, 0.717) is 23.2 Å². The van der Waals surface area contributed by atoms with Crippen molar-refractivity contribution in [3.8, 4) is 16.9 Å². The highest BCUT2D eigenvalue weighted by Crippen LogP contribution is 2.44. The highest BCUT2D eigenvalue weighted by Gasteiger charge is 2.43. The molecule has 2 N–H and O–H groups in total. The molecule has 1 aliphatic heterocycles. The Morgan fingerprint density at radius 3 is 2.00 bits per heavy atom. The van der Waals surface area contributed by atoms with Gasteiger partial charge >= 0.3 is 0 Å². The zero-order valence-corrected chi connectivity index (χ0v) is 18.5. The number of hydrogen-bond acceptors (Lipinski definition) is 3. The summed E-state index contributed by atoms with van der Waals surface area (Å²) < 4.78 is 0. The Morgan fingerprint density at radius 2 is 1.35 bits per heavy atom. The second-order valence-corrected chi connectivity index (χ2v) is 8.31. The van der Waals surface area contributed by atoms with E-state index < -0.39 is 6.04 Å². The Kier molecular flexibility index (Phi) is 5.83. The molecule has 0 bridgehead atoms. The summed E-state index contributed by atoms with van der Waals surface area (Å²) in [4.78, 5) is 28.9. The smallest absolute Gasteiger partial charge is 0.256 e. The maximum absolute atomic E-state index is 13.8. The van der Waals surface area contributed by atoms with Gasteiger partial charge in [0.2, 0.25) is 5.91 Å². The summed E-state index contributed by atoms with van der Waals surface area (Å²) in [6.45, 7) is 0.648. The van der Waals surface area contributed by atoms with E-state index >= 15 is 0 Å². The fourth-order valence-corrected chi connectivity index (χ4v) is 4.50. The molecule has 168 valence electrons. The monoisotopic (exact) mass is 448 g/mol. The van der Waals surface area contributed by atoms with Crippen molar-refractivity contribution >= 4 is 11.8 Å². The summed E-state index contributed by atoms with van der Waals surface area (Å²) in [5, 5.41) is 13.7. The third-order valence-electron chi connectivity index (χ3n) is 6.11. The lowest BCUT2D eigenvalue weighted by Gasteiger charge is -2.25. The molecule has 4 aromatic rings. The summed E-state index contributed by atoms with van der Waals surface area (Å²) in [5.41, 5.74) is 4.07. The van der Waals surface area contributed by atoms with Gasteiger partial charge < -0.3 is 15.3 Å². The van der Waals surface area contributed by atoms with E-state index in [1.807, 2.05) is 91.0 Å². The average molecular weight is 449 g/mol. The van der Waals surface area contributed by atoms with Gasteiger partial charge in [-0.2, -0.15) is 0 Å². The molecule has 0 aliphatic carbocycles. The maximum Gasteiger partial charge on any atom is 0.256 e. The summed E-state index contributed by atoms with van der Waals surface area (Å²) in [6, 6.07) is 31.0. The highest BCUT2D eigenvalue weighted by atomic mass is 16.3. The van der Waals surface area contributed by atoms with E-state index in [-0.39, 0.29) is 24.1 Å². The van der Waals surface area contributed by atoms with Crippen LogP contribution in [0.4, 0.5) is 0 Å². The molecule has 1 aliphatic rings. The SMILES string of the molecule is O=C(NCc1ccccc1)C1c2ccc(O)c(-c3ccccc3)c2C(=O)N1Cc1ccccc1. The topological polar surface area (TPSA) is 69.6 Å². The fourth-order valence-electron chi connectivity index (χ4n) is 4.50. The first-order valence-electron chi connectivity index (χ1n) is 11.2. The van der Waals surface area contributed by atoms with Crippen LogP contribution in [-0.4, -0.2) is 21.8 Å². The Balaban J connectivity index is 1.56. The number of rotatable bonds is 6. The lowest BCUT2D eigenvalue weighted by Crippen LogP contribution is -2.38. The molecule has 1 heterocycles. The molecular formula is C29H24N2O3. The van der Waals surface area contributed by atoms with Gasteiger partial charge in [0.1, 0.15) is 11.8 Å². The number of fused-ring (bicyclic) bond motifs is 1. The van der Waals surface area contributed by atoms with Gasteiger partial charge in [-0.3, -0.25) is 9.59 Å². The third kappa shape index (κ3) is 4.04. The minimum atomic E-state index is -0.797. The van der Waals surface area contributed by atoms with E-state index in [0.717, 1.165) is 16.7 Å². The molecule has 0 fully saturated rings. The van der Waals surface area contributed by atoms with Gasteiger partial charge in [0, 0.05) is 18.7 Å². The number of amides is 2. The number of hydrogen-bond donors (Lipinski definition) is 2. The predicted molar refractivity (Wildman–Crippen MR) is 131 cm³/mol. The molecule has 0 saturated carbocycles. The molecule has 5 rings (SSSR count). The number of nitrogens with one attached hydrogen (secondary N) is 1. The van der Waals surface area contributed by atoms with E-state index in [1.165, 1.54) is 0 Å². The van der Waals surface area contributed by atoms with Crippen molar-refractivity contribution in [2.45, 2.75) is 19.1 Å². The lowest BCUT2D eigenvalue weighted by molar-refractivity contribution is -0.125. The minimum Gasteiger partial charge on any atom is -0.507 e. The summed E-state index contributed by atoms with van der Waals surface area (Å²) in [5.74, 6) is -0.506. The van der Waals surface area contributed by atoms with Gasteiger partial charge in [0.25, 0.3) is 5.91 Å². The molecule has 5 nitrogen and oxygen atoms in total. The van der Waals surface area contributed by atoms with Crippen molar-refractivity contribution in [2.75, 3.05) is 0 Å². The normalized spacial score (nSPS) is 14.6. The van der Waals surface area contributed by atoms with Crippen LogP contribution in [0.25, 0.3) is 11.1 Å². The van der Waals surface area contributed by atoms with Crippen molar-refractivity contribution in [1.29, 1.82) is 0 Å². The van der Waals surface area contributed by atoms with Crippen LogP contribution in [0.1, 0.15) is 33.1 Å². The summed E-state index contributed by atoms with van der Waals surface area (Å²) in [6.07, 6.45) is 0. The molecule has 4 aromatic carbocycles. The Hall–Kier alpha value is -4.38. The maximum atomic E-state index is 13.8. The van der Waals surface area contributed by atoms with Gasteiger partial charge in [-0.25, -0.2) is 0 Å². The summed E-state index contributed by atoms with van der Waals surface area (Å²) >= 11 is 0. The first-order chi connectivity index (χ1) is 16.6. The number of carbonyl (C=O) groups excluding carboxylic acids is 2. The second-order valence-electron chi connectivity index (χ2n) is 8.31. The molecule has 0 radical (unpaired) electrons.